The number of methoxy groups -OCH3 is 2. The van der Waals surface area contributed by atoms with Crippen molar-refractivity contribution in [1.29, 1.82) is 0 Å². The van der Waals surface area contributed by atoms with Gasteiger partial charge in [0.05, 0.1) is 19.9 Å². The molecule has 3 N–H and O–H groups in total. The van der Waals surface area contributed by atoms with Gasteiger partial charge in [-0.15, -0.1) is 0 Å². The fourth-order valence-corrected chi connectivity index (χ4v) is 1.39. The molecule has 2 rings (SSSR count). The summed E-state index contributed by atoms with van der Waals surface area (Å²) in [5.74, 6) is 1.05. The maximum Gasteiger partial charge on any atom is 0.322 e. The summed E-state index contributed by atoms with van der Waals surface area (Å²) in [5.41, 5.74) is 6.28. The molecule has 0 saturated heterocycles. The molecule has 0 aliphatic heterocycles. The maximum atomic E-state index is 5.55. The molecule has 0 spiro atoms. The van der Waals surface area contributed by atoms with Crippen LogP contribution in [-0.4, -0.2) is 29.2 Å². The molecule has 7 nitrogen and oxygen atoms in total. The highest BCUT2D eigenvalue weighted by atomic mass is 16.5. The first kappa shape index (κ1) is 11.9. The summed E-state index contributed by atoms with van der Waals surface area (Å²) in [6.07, 6.45) is 0. The van der Waals surface area contributed by atoms with Crippen LogP contribution in [0.3, 0.4) is 0 Å². The first-order valence-corrected chi connectivity index (χ1v) is 5.18. The van der Waals surface area contributed by atoms with E-state index < -0.39 is 0 Å². The minimum Gasteiger partial charge on any atom is -0.495 e. The van der Waals surface area contributed by atoms with Gasteiger partial charge in [0, 0.05) is 0 Å². The highest BCUT2D eigenvalue weighted by Gasteiger charge is 2.07. The van der Waals surface area contributed by atoms with E-state index in [-0.39, 0.29) is 12.0 Å². The zero-order chi connectivity index (χ0) is 13.0. The van der Waals surface area contributed by atoms with Crippen LogP contribution in [0.1, 0.15) is 0 Å². The van der Waals surface area contributed by atoms with Crippen LogP contribution < -0.4 is 20.5 Å². The molecule has 2 aromatic rings. The fourth-order valence-electron chi connectivity index (χ4n) is 1.39. The maximum absolute atomic E-state index is 5.55. The Kier molecular flexibility index (Phi) is 3.42. The normalized spacial score (nSPS) is 9.89. The highest BCUT2D eigenvalue weighted by molar-refractivity contribution is 5.62. The Balaban J connectivity index is 2.30. The molecule has 94 valence electrons. The van der Waals surface area contributed by atoms with Gasteiger partial charge in [-0.1, -0.05) is 12.1 Å². The molecule has 1 aromatic heterocycles. The van der Waals surface area contributed by atoms with Gasteiger partial charge in [0.1, 0.15) is 5.75 Å². The second kappa shape index (κ2) is 5.17. The number of benzene rings is 1. The van der Waals surface area contributed by atoms with E-state index in [9.17, 15) is 0 Å². The molecule has 0 unspecified atom stereocenters. The molecule has 1 aromatic carbocycles. The number of anilines is 3. The Morgan fingerprint density at radius 3 is 2.56 bits per heavy atom. The Labute approximate surface area is 104 Å². The van der Waals surface area contributed by atoms with Gasteiger partial charge in [0.25, 0.3) is 0 Å². The van der Waals surface area contributed by atoms with Crippen LogP contribution in [-0.2, 0) is 0 Å². The monoisotopic (exact) mass is 247 g/mol. The summed E-state index contributed by atoms with van der Waals surface area (Å²) < 4.78 is 10.1. The van der Waals surface area contributed by atoms with E-state index in [4.69, 9.17) is 15.2 Å². The number of aromatic nitrogens is 3. The third-order valence-electron chi connectivity index (χ3n) is 2.17. The Bertz CT molecular complexity index is 547. The van der Waals surface area contributed by atoms with Gasteiger partial charge in [-0.05, 0) is 12.1 Å². The minimum absolute atomic E-state index is 0.0826. The third-order valence-corrected chi connectivity index (χ3v) is 2.17. The van der Waals surface area contributed by atoms with E-state index in [2.05, 4.69) is 20.3 Å². The lowest BCUT2D eigenvalue weighted by Crippen LogP contribution is -2.05. The summed E-state index contributed by atoms with van der Waals surface area (Å²) in [4.78, 5) is 11.8. The number of nitrogens with one attached hydrogen (secondary N) is 1. The van der Waals surface area contributed by atoms with Crippen molar-refractivity contribution in [2.45, 2.75) is 0 Å². The summed E-state index contributed by atoms with van der Waals surface area (Å²) in [7, 11) is 3.05. The fraction of sp³-hybridized carbons (Fsp3) is 0.182. The first-order chi connectivity index (χ1) is 8.72. The number of nitrogen functional groups attached to an aromatic ring is 1. The van der Waals surface area contributed by atoms with Crippen LogP contribution in [0.5, 0.6) is 11.8 Å². The molecule has 0 bridgehead atoms. The van der Waals surface area contributed by atoms with E-state index in [1.807, 2.05) is 24.3 Å². The third kappa shape index (κ3) is 2.57. The molecule has 1 heterocycles. The summed E-state index contributed by atoms with van der Waals surface area (Å²) >= 11 is 0. The molecular formula is C11H13N5O2. The second-order valence-corrected chi connectivity index (χ2v) is 3.33. The van der Waals surface area contributed by atoms with E-state index in [0.717, 1.165) is 5.69 Å². The molecule has 0 amide bonds. The van der Waals surface area contributed by atoms with Crippen molar-refractivity contribution in [1.82, 2.24) is 15.0 Å². The van der Waals surface area contributed by atoms with Crippen LogP contribution >= 0.6 is 0 Å². The summed E-state index contributed by atoms with van der Waals surface area (Å²) in [6, 6.07) is 7.55. The SMILES string of the molecule is COc1nc(N)nc(Nc2ccccc2OC)n1. The quantitative estimate of drug-likeness (QED) is 0.838. The summed E-state index contributed by atoms with van der Waals surface area (Å²) in [6.45, 7) is 0. The standard InChI is InChI=1S/C11H13N5O2/c1-17-8-6-4-3-5-7(8)13-10-14-9(12)15-11(16-10)18-2/h3-6H,1-2H3,(H3,12,13,14,15,16). The predicted molar refractivity (Wildman–Crippen MR) is 67.1 cm³/mol. The van der Waals surface area contributed by atoms with Gasteiger partial charge < -0.3 is 20.5 Å². The highest BCUT2D eigenvalue weighted by Crippen LogP contribution is 2.25. The molecule has 18 heavy (non-hydrogen) atoms. The van der Waals surface area contributed by atoms with Crippen molar-refractivity contribution in [3.8, 4) is 11.8 Å². The molecule has 0 saturated carbocycles. The molecule has 7 heteroatoms. The topological polar surface area (TPSA) is 95.2 Å². The lowest BCUT2D eigenvalue weighted by molar-refractivity contribution is 0.380. The lowest BCUT2D eigenvalue weighted by Gasteiger charge is -2.10. The van der Waals surface area contributed by atoms with Crippen LogP contribution in [0.25, 0.3) is 0 Å². The van der Waals surface area contributed by atoms with Gasteiger partial charge in [-0.25, -0.2) is 0 Å². The van der Waals surface area contributed by atoms with Crippen molar-refractivity contribution < 1.29 is 9.47 Å². The number of ether oxygens (including phenoxy) is 2. The van der Waals surface area contributed by atoms with Crippen molar-refractivity contribution in [2.24, 2.45) is 0 Å². The Hall–Kier alpha value is -2.57. The van der Waals surface area contributed by atoms with Crippen molar-refractivity contribution in [2.75, 3.05) is 25.3 Å². The van der Waals surface area contributed by atoms with E-state index in [1.54, 1.807) is 7.11 Å². The van der Waals surface area contributed by atoms with Crippen molar-refractivity contribution >= 4 is 17.6 Å². The number of nitrogens with zero attached hydrogens (tertiary/aromatic N) is 3. The van der Waals surface area contributed by atoms with Crippen molar-refractivity contribution in [3.63, 3.8) is 0 Å². The largest absolute Gasteiger partial charge is 0.495 e. The molecule has 0 aliphatic carbocycles. The predicted octanol–water partition coefficient (Wildman–Crippen LogP) is 1.21. The average Bonchev–Trinajstić information content (AvgIpc) is 2.38. The number of hydrogen-bond donors (Lipinski definition) is 2. The summed E-state index contributed by atoms with van der Waals surface area (Å²) in [5, 5.41) is 2.99. The van der Waals surface area contributed by atoms with Crippen LogP contribution in [0.4, 0.5) is 17.6 Å². The zero-order valence-corrected chi connectivity index (χ0v) is 10.0. The number of para-hydroxylation sites is 2. The second-order valence-electron chi connectivity index (χ2n) is 3.33. The molecular weight excluding hydrogens is 234 g/mol. The number of rotatable bonds is 4. The molecule has 0 atom stereocenters. The van der Waals surface area contributed by atoms with Gasteiger partial charge in [0.2, 0.25) is 11.9 Å². The zero-order valence-electron chi connectivity index (χ0n) is 10.0. The van der Waals surface area contributed by atoms with Gasteiger partial charge >= 0.3 is 6.01 Å². The molecule has 0 fully saturated rings. The number of nitrogens with two attached hydrogens (primary N) is 1. The average molecular weight is 247 g/mol. The van der Waals surface area contributed by atoms with Gasteiger partial charge in [0.15, 0.2) is 0 Å². The molecule has 0 radical (unpaired) electrons. The Morgan fingerprint density at radius 2 is 1.83 bits per heavy atom. The molecule has 0 aliphatic rings. The smallest absolute Gasteiger partial charge is 0.322 e. The lowest BCUT2D eigenvalue weighted by atomic mass is 10.3. The van der Waals surface area contributed by atoms with Gasteiger partial charge in [-0.2, -0.15) is 15.0 Å². The van der Waals surface area contributed by atoms with Gasteiger partial charge in [-0.3, -0.25) is 0 Å². The van der Waals surface area contributed by atoms with E-state index in [1.165, 1.54) is 7.11 Å². The van der Waals surface area contributed by atoms with Crippen molar-refractivity contribution in [3.05, 3.63) is 24.3 Å². The Morgan fingerprint density at radius 1 is 1.06 bits per heavy atom. The van der Waals surface area contributed by atoms with Crippen LogP contribution in [0, 0.1) is 0 Å². The van der Waals surface area contributed by atoms with Crippen LogP contribution in [0.2, 0.25) is 0 Å². The van der Waals surface area contributed by atoms with Crippen LogP contribution in [0.15, 0.2) is 24.3 Å². The first-order valence-electron chi connectivity index (χ1n) is 5.18. The van der Waals surface area contributed by atoms with E-state index in [0.29, 0.717) is 11.7 Å². The van der Waals surface area contributed by atoms with E-state index >= 15 is 0 Å². The minimum atomic E-state index is 0.0826. The number of hydrogen-bond acceptors (Lipinski definition) is 7.